The summed E-state index contributed by atoms with van der Waals surface area (Å²) >= 11 is 1.57. The third-order valence-electron chi connectivity index (χ3n) is 2.92. The molecule has 0 saturated carbocycles. The number of hydrogen-bond donors (Lipinski definition) is 1. The van der Waals surface area contributed by atoms with Crippen LogP contribution >= 0.6 is 11.3 Å². The molecule has 1 N–H and O–H groups in total. The summed E-state index contributed by atoms with van der Waals surface area (Å²) in [5.74, 6) is 1.24. The summed E-state index contributed by atoms with van der Waals surface area (Å²) < 4.78 is 0. The van der Waals surface area contributed by atoms with E-state index in [2.05, 4.69) is 34.3 Å². The molecular formula is C14H18N4OS. The fourth-order valence-corrected chi connectivity index (χ4v) is 2.57. The molecule has 1 amide bonds. The molecule has 2 aromatic rings. The molecule has 0 aliphatic heterocycles. The highest BCUT2D eigenvalue weighted by Crippen LogP contribution is 2.13. The maximum atomic E-state index is 11.8. The van der Waals surface area contributed by atoms with E-state index in [4.69, 9.17) is 0 Å². The van der Waals surface area contributed by atoms with Gasteiger partial charge in [-0.05, 0) is 37.4 Å². The number of amides is 1. The van der Waals surface area contributed by atoms with Crippen LogP contribution in [0.1, 0.15) is 18.7 Å². The minimum absolute atomic E-state index is 0.0719. The van der Waals surface area contributed by atoms with Crippen LogP contribution in [0.2, 0.25) is 0 Å². The molecule has 2 heterocycles. The number of aromatic nitrogens is 2. The fraction of sp³-hybridized carbons (Fsp3) is 0.357. The standard InChI is InChI=1S/C14H18N4OS/c1-3-18(4-2)13-8-7-12(16-17-13)15-14(19)10-11-6-5-9-20-11/h5-9H,3-4,10H2,1-2H3,(H,15,16,19). The van der Waals surface area contributed by atoms with Crippen LogP contribution in [0.15, 0.2) is 29.6 Å². The SMILES string of the molecule is CCN(CC)c1ccc(NC(=O)Cc2cccs2)nn1. The lowest BCUT2D eigenvalue weighted by atomic mass is 10.3. The second-order valence-corrected chi connectivity index (χ2v) is 5.29. The lowest BCUT2D eigenvalue weighted by Gasteiger charge is -2.18. The molecule has 5 nitrogen and oxygen atoms in total. The van der Waals surface area contributed by atoms with E-state index in [1.54, 1.807) is 17.4 Å². The summed E-state index contributed by atoms with van der Waals surface area (Å²) in [6.07, 6.45) is 0.372. The second kappa shape index (κ2) is 7.00. The van der Waals surface area contributed by atoms with E-state index < -0.39 is 0 Å². The van der Waals surface area contributed by atoms with Crippen molar-refractivity contribution in [2.24, 2.45) is 0 Å². The Kier molecular flexibility index (Phi) is 5.06. The monoisotopic (exact) mass is 290 g/mol. The number of anilines is 2. The molecule has 6 heteroatoms. The zero-order valence-electron chi connectivity index (χ0n) is 11.7. The van der Waals surface area contributed by atoms with E-state index in [0.717, 1.165) is 23.8 Å². The van der Waals surface area contributed by atoms with E-state index in [9.17, 15) is 4.79 Å². The lowest BCUT2D eigenvalue weighted by Crippen LogP contribution is -2.23. The Morgan fingerprint density at radius 3 is 2.60 bits per heavy atom. The number of nitrogens with one attached hydrogen (secondary N) is 1. The summed E-state index contributed by atoms with van der Waals surface area (Å²) in [7, 11) is 0. The highest BCUT2D eigenvalue weighted by atomic mass is 32.1. The number of carbonyl (C=O) groups excluding carboxylic acids is 1. The fourth-order valence-electron chi connectivity index (χ4n) is 1.87. The van der Waals surface area contributed by atoms with Crippen LogP contribution in [0.4, 0.5) is 11.6 Å². The molecule has 2 aromatic heterocycles. The van der Waals surface area contributed by atoms with Crippen LogP contribution in [-0.2, 0) is 11.2 Å². The van der Waals surface area contributed by atoms with Crippen molar-refractivity contribution in [3.63, 3.8) is 0 Å². The summed E-state index contributed by atoms with van der Waals surface area (Å²) in [6, 6.07) is 7.54. The van der Waals surface area contributed by atoms with Gasteiger partial charge in [-0.1, -0.05) is 6.07 Å². The largest absolute Gasteiger partial charge is 0.356 e. The molecule has 0 spiro atoms. The first-order valence-electron chi connectivity index (χ1n) is 6.63. The quantitative estimate of drug-likeness (QED) is 0.888. The number of nitrogens with zero attached hydrogens (tertiary/aromatic N) is 3. The Morgan fingerprint density at radius 1 is 1.25 bits per heavy atom. The van der Waals surface area contributed by atoms with Gasteiger partial charge in [-0.15, -0.1) is 21.5 Å². The molecule has 0 saturated heterocycles. The van der Waals surface area contributed by atoms with E-state index in [1.807, 2.05) is 23.6 Å². The van der Waals surface area contributed by atoms with Crippen molar-refractivity contribution in [2.75, 3.05) is 23.3 Å². The highest BCUT2D eigenvalue weighted by molar-refractivity contribution is 7.10. The maximum absolute atomic E-state index is 11.8. The van der Waals surface area contributed by atoms with E-state index in [-0.39, 0.29) is 5.91 Å². The van der Waals surface area contributed by atoms with Crippen molar-refractivity contribution in [3.8, 4) is 0 Å². The number of carbonyl (C=O) groups is 1. The third-order valence-corrected chi connectivity index (χ3v) is 3.80. The van der Waals surface area contributed by atoms with E-state index in [0.29, 0.717) is 12.2 Å². The van der Waals surface area contributed by atoms with Crippen molar-refractivity contribution < 1.29 is 4.79 Å². The van der Waals surface area contributed by atoms with Gasteiger partial charge in [0.1, 0.15) is 0 Å². The van der Waals surface area contributed by atoms with Gasteiger partial charge in [0, 0.05) is 18.0 Å². The molecule has 0 aliphatic rings. The van der Waals surface area contributed by atoms with Gasteiger partial charge in [-0.2, -0.15) is 0 Å². The molecule has 0 atom stereocenters. The van der Waals surface area contributed by atoms with Gasteiger partial charge in [-0.3, -0.25) is 4.79 Å². The van der Waals surface area contributed by atoms with Crippen molar-refractivity contribution in [1.29, 1.82) is 0 Å². The summed E-state index contributed by atoms with van der Waals surface area (Å²) in [6.45, 7) is 5.91. The minimum Gasteiger partial charge on any atom is -0.356 e. The first-order chi connectivity index (χ1) is 9.72. The van der Waals surface area contributed by atoms with Crippen LogP contribution in [-0.4, -0.2) is 29.2 Å². The first-order valence-corrected chi connectivity index (χ1v) is 7.51. The zero-order chi connectivity index (χ0) is 14.4. The Morgan fingerprint density at radius 2 is 2.05 bits per heavy atom. The van der Waals surface area contributed by atoms with Crippen molar-refractivity contribution >= 4 is 28.9 Å². The van der Waals surface area contributed by atoms with Crippen LogP contribution in [0, 0.1) is 0 Å². The number of rotatable bonds is 6. The van der Waals surface area contributed by atoms with Gasteiger partial charge >= 0.3 is 0 Å². The molecule has 0 aliphatic carbocycles. The van der Waals surface area contributed by atoms with Gasteiger partial charge in [0.25, 0.3) is 0 Å². The minimum atomic E-state index is -0.0719. The second-order valence-electron chi connectivity index (χ2n) is 4.25. The first kappa shape index (κ1) is 14.5. The van der Waals surface area contributed by atoms with Gasteiger partial charge < -0.3 is 10.2 Å². The molecule has 0 aromatic carbocycles. The molecule has 106 valence electrons. The Balaban J connectivity index is 1.95. The number of thiophene rings is 1. The molecule has 0 radical (unpaired) electrons. The van der Waals surface area contributed by atoms with Crippen LogP contribution in [0.5, 0.6) is 0 Å². The van der Waals surface area contributed by atoms with Crippen molar-refractivity contribution in [3.05, 3.63) is 34.5 Å². The average molecular weight is 290 g/mol. The van der Waals surface area contributed by atoms with Gasteiger partial charge in [0.2, 0.25) is 5.91 Å². The molecule has 20 heavy (non-hydrogen) atoms. The molecule has 0 fully saturated rings. The molecular weight excluding hydrogens is 272 g/mol. The predicted octanol–water partition coefficient (Wildman–Crippen LogP) is 2.57. The van der Waals surface area contributed by atoms with Gasteiger partial charge in [-0.25, -0.2) is 0 Å². The van der Waals surface area contributed by atoms with E-state index >= 15 is 0 Å². The Labute approximate surface area is 122 Å². The molecule has 0 bridgehead atoms. The van der Waals surface area contributed by atoms with Gasteiger partial charge in [0.05, 0.1) is 6.42 Å². The smallest absolute Gasteiger partial charge is 0.230 e. The van der Waals surface area contributed by atoms with Crippen molar-refractivity contribution in [2.45, 2.75) is 20.3 Å². The molecule has 2 rings (SSSR count). The average Bonchev–Trinajstić information content (AvgIpc) is 2.94. The highest BCUT2D eigenvalue weighted by Gasteiger charge is 2.08. The Hall–Kier alpha value is -1.95. The van der Waals surface area contributed by atoms with Crippen LogP contribution < -0.4 is 10.2 Å². The molecule has 0 unspecified atom stereocenters. The predicted molar refractivity (Wildman–Crippen MR) is 82.2 cm³/mol. The van der Waals surface area contributed by atoms with Crippen LogP contribution in [0.25, 0.3) is 0 Å². The van der Waals surface area contributed by atoms with E-state index in [1.165, 1.54) is 0 Å². The maximum Gasteiger partial charge on any atom is 0.230 e. The lowest BCUT2D eigenvalue weighted by molar-refractivity contribution is -0.115. The Bertz CT molecular complexity index is 535. The summed E-state index contributed by atoms with van der Waals surface area (Å²) in [5.41, 5.74) is 0. The van der Waals surface area contributed by atoms with Gasteiger partial charge in [0.15, 0.2) is 11.6 Å². The number of hydrogen-bond acceptors (Lipinski definition) is 5. The zero-order valence-corrected chi connectivity index (χ0v) is 12.5. The summed E-state index contributed by atoms with van der Waals surface area (Å²) in [4.78, 5) is 15.0. The van der Waals surface area contributed by atoms with Crippen LogP contribution in [0.3, 0.4) is 0 Å². The summed E-state index contributed by atoms with van der Waals surface area (Å²) in [5, 5.41) is 12.9. The topological polar surface area (TPSA) is 58.1 Å². The normalized spacial score (nSPS) is 10.3. The van der Waals surface area contributed by atoms with Crippen molar-refractivity contribution in [1.82, 2.24) is 10.2 Å². The third kappa shape index (κ3) is 3.77.